The van der Waals surface area contributed by atoms with Gasteiger partial charge in [-0.05, 0) is 45.4 Å². The first-order chi connectivity index (χ1) is 12.0. The lowest BCUT2D eigenvalue weighted by Crippen LogP contribution is -2.42. The number of hydrogen-bond acceptors (Lipinski definition) is 5. The van der Waals surface area contributed by atoms with E-state index in [0.29, 0.717) is 5.75 Å². The number of hydrogen-bond donors (Lipinski definition) is 1. The van der Waals surface area contributed by atoms with Gasteiger partial charge in [-0.3, -0.25) is 4.79 Å². The Kier molecular flexibility index (Phi) is 5.49. The van der Waals surface area contributed by atoms with Crippen LogP contribution in [-0.2, 0) is 4.79 Å². The van der Waals surface area contributed by atoms with Crippen molar-refractivity contribution in [2.24, 2.45) is 4.99 Å². The van der Waals surface area contributed by atoms with Crippen LogP contribution in [-0.4, -0.2) is 29.3 Å². The Morgan fingerprint density at radius 2 is 2.12 bits per heavy atom. The number of nitrogens with one attached hydrogen (secondary N) is 1. The van der Waals surface area contributed by atoms with E-state index in [-0.39, 0.29) is 12.1 Å². The van der Waals surface area contributed by atoms with Crippen molar-refractivity contribution >= 4 is 39.7 Å². The van der Waals surface area contributed by atoms with Gasteiger partial charge in [0.2, 0.25) is 5.91 Å². The number of amides is 1. The second kappa shape index (κ2) is 7.62. The highest BCUT2D eigenvalue weighted by Gasteiger charge is 2.22. The molecule has 0 spiro atoms. The number of carbonyl (C=O) groups excluding carboxylic acids is 1. The number of nitrogens with zero attached hydrogens (tertiary/aromatic N) is 2. The van der Waals surface area contributed by atoms with Gasteiger partial charge >= 0.3 is 0 Å². The van der Waals surface area contributed by atoms with E-state index in [1.54, 1.807) is 23.1 Å². The highest BCUT2D eigenvalue weighted by Crippen LogP contribution is 2.25. The fourth-order valence-electron chi connectivity index (χ4n) is 2.92. The number of aryl methyl sites for hydroxylation is 2. The number of rotatable bonds is 5. The SMILES string of the molecule is CCN1C(SCC(=O)Nc2ccccc2C)=c2cc(C)sc2=N[C@@H]1C. The van der Waals surface area contributed by atoms with E-state index < -0.39 is 0 Å². The van der Waals surface area contributed by atoms with Crippen LogP contribution in [0.5, 0.6) is 0 Å². The molecule has 0 saturated heterocycles. The molecule has 2 aromatic rings. The van der Waals surface area contributed by atoms with Crippen molar-refractivity contribution in [2.45, 2.75) is 33.9 Å². The van der Waals surface area contributed by atoms with E-state index >= 15 is 0 Å². The minimum atomic E-state index is 0.0199. The third-order valence-electron chi connectivity index (χ3n) is 4.18. The van der Waals surface area contributed by atoms with Crippen LogP contribution in [0.25, 0.3) is 5.03 Å². The second-order valence-corrected chi connectivity index (χ2v) is 8.28. The summed E-state index contributed by atoms with van der Waals surface area (Å²) in [7, 11) is 0. The summed E-state index contributed by atoms with van der Waals surface area (Å²) < 4.78 is 1.08. The third-order valence-corrected chi connectivity index (χ3v) is 6.27. The lowest BCUT2D eigenvalue weighted by molar-refractivity contribution is -0.113. The normalized spacial score (nSPS) is 16.4. The van der Waals surface area contributed by atoms with Gasteiger partial charge in [0.05, 0.1) is 10.8 Å². The Hall–Kier alpha value is -1.79. The van der Waals surface area contributed by atoms with Crippen LogP contribution in [0.1, 0.15) is 24.3 Å². The number of fused-ring (bicyclic) bond motifs is 1. The third kappa shape index (κ3) is 3.90. The van der Waals surface area contributed by atoms with E-state index in [1.165, 1.54) is 4.88 Å². The van der Waals surface area contributed by atoms with Gasteiger partial charge in [-0.2, -0.15) is 0 Å². The molecule has 132 valence electrons. The molecular formula is C19H23N3OS2. The number of benzene rings is 1. The Labute approximate surface area is 156 Å². The first-order valence-electron chi connectivity index (χ1n) is 8.43. The molecule has 0 aliphatic carbocycles. The average molecular weight is 374 g/mol. The van der Waals surface area contributed by atoms with Crippen molar-refractivity contribution in [2.75, 3.05) is 17.6 Å². The number of para-hydroxylation sites is 1. The number of carbonyl (C=O) groups is 1. The van der Waals surface area contributed by atoms with Crippen molar-refractivity contribution in [1.29, 1.82) is 0 Å². The van der Waals surface area contributed by atoms with Crippen LogP contribution >= 0.6 is 23.1 Å². The van der Waals surface area contributed by atoms with E-state index in [1.807, 2.05) is 31.2 Å². The molecule has 1 N–H and O–H groups in total. The highest BCUT2D eigenvalue weighted by molar-refractivity contribution is 8.08. The minimum Gasteiger partial charge on any atom is -0.344 e. The maximum atomic E-state index is 12.4. The summed E-state index contributed by atoms with van der Waals surface area (Å²) >= 11 is 3.32. The topological polar surface area (TPSA) is 44.7 Å². The smallest absolute Gasteiger partial charge is 0.234 e. The fourth-order valence-corrected chi connectivity index (χ4v) is 5.03. The monoisotopic (exact) mass is 373 g/mol. The van der Waals surface area contributed by atoms with Crippen LogP contribution in [0.3, 0.4) is 0 Å². The van der Waals surface area contributed by atoms with E-state index in [4.69, 9.17) is 4.99 Å². The average Bonchev–Trinajstić information content (AvgIpc) is 2.94. The second-order valence-electron chi connectivity index (χ2n) is 6.08. The predicted molar refractivity (Wildman–Crippen MR) is 107 cm³/mol. The molecule has 4 nitrogen and oxygen atoms in total. The minimum absolute atomic E-state index is 0.0199. The summed E-state index contributed by atoms with van der Waals surface area (Å²) in [5, 5.41) is 5.33. The first kappa shape index (κ1) is 18.0. The fraction of sp³-hybridized carbons (Fsp3) is 0.368. The summed E-state index contributed by atoms with van der Waals surface area (Å²) in [4.78, 5) is 20.7. The quantitative estimate of drug-likeness (QED) is 0.876. The van der Waals surface area contributed by atoms with Crippen molar-refractivity contribution in [3.05, 3.63) is 50.7 Å². The molecule has 0 radical (unpaired) electrons. The van der Waals surface area contributed by atoms with Crippen molar-refractivity contribution in [3.63, 3.8) is 0 Å². The molecular weight excluding hydrogens is 350 g/mol. The Morgan fingerprint density at radius 1 is 1.36 bits per heavy atom. The molecule has 1 atom stereocenters. The van der Waals surface area contributed by atoms with Crippen LogP contribution < -0.4 is 15.2 Å². The van der Waals surface area contributed by atoms with Gasteiger partial charge in [0.25, 0.3) is 0 Å². The standard InChI is InChI=1S/C19H23N3OS2/c1-5-22-14(4)20-18-15(10-13(3)25-18)19(22)24-11-17(23)21-16-9-7-6-8-12(16)2/h6-10,14H,5,11H2,1-4H3,(H,21,23)/t14-/m0/s1. The van der Waals surface area contributed by atoms with E-state index in [2.05, 4.69) is 37.1 Å². The summed E-state index contributed by atoms with van der Waals surface area (Å²) in [6.45, 7) is 9.22. The van der Waals surface area contributed by atoms with Gasteiger partial charge in [0, 0.05) is 22.3 Å². The molecule has 6 heteroatoms. The number of thioether (sulfide) groups is 1. The molecule has 0 unspecified atom stereocenters. The molecule has 1 aromatic heterocycles. The van der Waals surface area contributed by atoms with Crippen LogP contribution in [0.2, 0.25) is 0 Å². The molecule has 0 bridgehead atoms. The Morgan fingerprint density at radius 3 is 2.84 bits per heavy atom. The maximum absolute atomic E-state index is 12.4. The van der Waals surface area contributed by atoms with Crippen LogP contribution in [0.15, 0.2) is 35.3 Å². The number of anilines is 1. The van der Waals surface area contributed by atoms with Gasteiger partial charge in [-0.15, -0.1) is 11.3 Å². The lowest BCUT2D eigenvalue weighted by atomic mass is 10.2. The summed E-state index contributed by atoms with van der Waals surface area (Å²) in [6, 6.07) is 10.0. The van der Waals surface area contributed by atoms with Gasteiger partial charge in [0.15, 0.2) is 0 Å². The molecule has 1 aliphatic rings. The van der Waals surface area contributed by atoms with Crippen LogP contribution in [0, 0.1) is 13.8 Å². The largest absolute Gasteiger partial charge is 0.344 e. The van der Waals surface area contributed by atoms with Crippen molar-refractivity contribution < 1.29 is 4.79 Å². The Bertz CT molecular complexity index is 904. The zero-order valence-electron chi connectivity index (χ0n) is 15.0. The molecule has 1 aromatic carbocycles. The molecule has 1 aliphatic heterocycles. The summed E-state index contributed by atoms with van der Waals surface area (Å²) in [6.07, 6.45) is 0.109. The van der Waals surface area contributed by atoms with E-state index in [9.17, 15) is 4.79 Å². The molecule has 0 fully saturated rings. The maximum Gasteiger partial charge on any atom is 0.234 e. The van der Waals surface area contributed by atoms with Gasteiger partial charge in [0.1, 0.15) is 10.8 Å². The zero-order valence-corrected chi connectivity index (χ0v) is 16.6. The van der Waals surface area contributed by atoms with Gasteiger partial charge < -0.3 is 10.2 Å². The Balaban J connectivity index is 1.80. The first-order valence-corrected chi connectivity index (χ1v) is 10.2. The van der Waals surface area contributed by atoms with Crippen molar-refractivity contribution in [3.8, 4) is 0 Å². The zero-order chi connectivity index (χ0) is 18.0. The lowest BCUT2D eigenvalue weighted by Gasteiger charge is -2.31. The predicted octanol–water partition coefficient (Wildman–Crippen LogP) is 3.10. The summed E-state index contributed by atoms with van der Waals surface area (Å²) in [5.41, 5.74) is 1.95. The molecule has 3 rings (SSSR count). The van der Waals surface area contributed by atoms with Crippen LogP contribution in [0.4, 0.5) is 5.69 Å². The van der Waals surface area contributed by atoms with Gasteiger partial charge in [-0.1, -0.05) is 30.0 Å². The van der Waals surface area contributed by atoms with Gasteiger partial charge in [-0.25, -0.2) is 4.99 Å². The molecule has 0 saturated carbocycles. The molecule has 1 amide bonds. The molecule has 2 heterocycles. The molecule has 25 heavy (non-hydrogen) atoms. The van der Waals surface area contributed by atoms with Crippen molar-refractivity contribution in [1.82, 2.24) is 4.90 Å². The summed E-state index contributed by atoms with van der Waals surface area (Å²) in [5.74, 6) is 0.410. The van der Waals surface area contributed by atoms with E-state index in [0.717, 1.165) is 32.7 Å². The highest BCUT2D eigenvalue weighted by atomic mass is 32.2. The number of thiophene rings is 1.